The molecule has 0 aliphatic carbocycles. The fourth-order valence-corrected chi connectivity index (χ4v) is 1.77. The first-order chi connectivity index (χ1) is 10.5. The van der Waals surface area contributed by atoms with E-state index in [4.69, 9.17) is 4.74 Å². The van der Waals surface area contributed by atoms with Crippen LogP contribution >= 0.6 is 0 Å². The summed E-state index contributed by atoms with van der Waals surface area (Å²) in [4.78, 5) is 19.3. The monoisotopic (exact) mass is 302 g/mol. The molecule has 2 aromatic heterocycles. The van der Waals surface area contributed by atoms with Crippen LogP contribution in [0.2, 0.25) is 0 Å². The molecule has 2 rings (SSSR count). The van der Waals surface area contributed by atoms with Crippen LogP contribution in [0.4, 0.5) is 11.9 Å². The van der Waals surface area contributed by atoms with E-state index in [0.717, 1.165) is 11.4 Å². The molecule has 118 valence electrons. The van der Waals surface area contributed by atoms with E-state index in [-0.39, 0.29) is 5.92 Å². The zero-order valence-corrected chi connectivity index (χ0v) is 13.7. The predicted octanol–water partition coefficient (Wildman–Crippen LogP) is 2.08. The van der Waals surface area contributed by atoms with Crippen LogP contribution in [0, 0.1) is 0 Å². The fourth-order valence-electron chi connectivity index (χ4n) is 1.77. The summed E-state index contributed by atoms with van der Waals surface area (Å²) in [5, 5.41) is 3.23. The van der Waals surface area contributed by atoms with Crippen LogP contribution in [0.1, 0.15) is 31.2 Å². The van der Waals surface area contributed by atoms with Gasteiger partial charge in [-0.2, -0.15) is 15.0 Å². The molecule has 0 saturated heterocycles. The molecule has 7 heteroatoms. The summed E-state index contributed by atoms with van der Waals surface area (Å²) in [6.45, 7) is 4.71. The number of aromatic nitrogens is 4. The molecule has 0 saturated carbocycles. The predicted molar refractivity (Wildman–Crippen MR) is 86.4 cm³/mol. The first-order valence-corrected chi connectivity index (χ1v) is 7.15. The van der Waals surface area contributed by atoms with E-state index in [0.29, 0.717) is 24.3 Å². The maximum absolute atomic E-state index is 5.12. The Balaban J connectivity index is 2.17. The third kappa shape index (κ3) is 4.03. The normalized spacial score (nSPS) is 10.6. The van der Waals surface area contributed by atoms with E-state index >= 15 is 0 Å². The number of hydrogen-bond donors (Lipinski definition) is 1. The molecule has 7 nitrogen and oxygen atoms in total. The Morgan fingerprint density at radius 1 is 1.23 bits per heavy atom. The molecule has 22 heavy (non-hydrogen) atoms. The molecule has 0 atom stereocenters. The summed E-state index contributed by atoms with van der Waals surface area (Å²) in [7, 11) is 5.43. The second kappa shape index (κ2) is 7.02. The van der Waals surface area contributed by atoms with E-state index in [1.54, 1.807) is 13.3 Å². The lowest BCUT2D eigenvalue weighted by molar-refractivity contribution is 0.397. The molecule has 0 spiro atoms. The number of methoxy groups -OCH3 is 1. The maximum atomic E-state index is 5.12. The Bertz CT molecular complexity index is 603. The summed E-state index contributed by atoms with van der Waals surface area (Å²) < 4.78 is 5.12. The second-order valence-electron chi connectivity index (χ2n) is 5.43. The number of nitrogens with zero attached hydrogens (tertiary/aromatic N) is 5. The quantitative estimate of drug-likeness (QED) is 0.875. The zero-order valence-electron chi connectivity index (χ0n) is 13.7. The zero-order chi connectivity index (χ0) is 16.1. The van der Waals surface area contributed by atoms with Crippen molar-refractivity contribution in [1.29, 1.82) is 0 Å². The maximum Gasteiger partial charge on any atom is 0.229 e. The van der Waals surface area contributed by atoms with Crippen molar-refractivity contribution >= 4 is 11.9 Å². The highest BCUT2D eigenvalue weighted by Crippen LogP contribution is 2.16. The molecule has 1 N–H and O–H groups in total. The number of hydrogen-bond acceptors (Lipinski definition) is 7. The average Bonchev–Trinajstić information content (AvgIpc) is 2.52. The average molecular weight is 302 g/mol. The van der Waals surface area contributed by atoms with E-state index in [2.05, 4.69) is 39.1 Å². The molecular formula is C15H22N6O. The van der Waals surface area contributed by atoms with Crippen LogP contribution in [-0.4, -0.2) is 41.1 Å². The molecule has 0 unspecified atom stereocenters. The van der Waals surface area contributed by atoms with E-state index < -0.39 is 0 Å². The molecule has 0 aliphatic heterocycles. The van der Waals surface area contributed by atoms with E-state index in [1.165, 1.54) is 0 Å². The summed E-state index contributed by atoms with van der Waals surface area (Å²) in [5.74, 6) is 2.82. The number of rotatable bonds is 6. The lowest BCUT2D eigenvalue weighted by Crippen LogP contribution is -2.17. The minimum atomic E-state index is 0.239. The van der Waals surface area contributed by atoms with Gasteiger partial charge in [-0.15, -0.1) is 0 Å². The SMILES string of the molecule is COc1cc(CNc2nc(C(C)C)nc(N(C)C)n2)ccn1. The lowest BCUT2D eigenvalue weighted by Gasteiger charge is -2.14. The Hall–Kier alpha value is -2.44. The highest BCUT2D eigenvalue weighted by Gasteiger charge is 2.10. The van der Waals surface area contributed by atoms with Gasteiger partial charge < -0.3 is 15.0 Å². The largest absolute Gasteiger partial charge is 0.481 e. The van der Waals surface area contributed by atoms with E-state index in [1.807, 2.05) is 31.1 Å². The first-order valence-electron chi connectivity index (χ1n) is 7.15. The Morgan fingerprint density at radius 3 is 2.64 bits per heavy atom. The minimum absolute atomic E-state index is 0.239. The number of ether oxygens (including phenoxy) is 1. The van der Waals surface area contributed by atoms with Crippen LogP contribution in [0.3, 0.4) is 0 Å². The van der Waals surface area contributed by atoms with Crippen LogP contribution < -0.4 is 15.0 Å². The Morgan fingerprint density at radius 2 is 2.00 bits per heavy atom. The first kappa shape index (κ1) is 15.9. The third-order valence-electron chi connectivity index (χ3n) is 3.02. The van der Waals surface area contributed by atoms with Gasteiger partial charge >= 0.3 is 0 Å². The van der Waals surface area contributed by atoms with E-state index in [9.17, 15) is 0 Å². The van der Waals surface area contributed by atoms with Gasteiger partial charge in [0.1, 0.15) is 5.82 Å². The van der Waals surface area contributed by atoms with Crippen molar-refractivity contribution in [3.8, 4) is 5.88 Å². The smallest absolute Gasteiger partial charge is 0.229 e. The van der Waals surface area contributed by atoms with Gasteiger partial charge in [-0.25, -0.2) is 4.98 Å². The standard InChI is InChI=1S/C15H22N6O/c1-10(2)13-18-14(20-15(19-13)21(3)4)17-9-11-6-7-16-12(8-11)22-5/h6-8,10H,9H2,1-5H3,(H,17,18,19,20). The van der Waals surface area contributed by atoms with Crippen LogP contribution in [-0.2, 0) is 6.54 Å². The lowest BCUT2D eigenvalue weighted by atomic mass is 10.2. The molecule has 0 aromatic carbocycles. The summed E-state index contributed by atoms with van der Waals surface area (Å²) in [6.07, 6.45) is 1.72. The summed E-state index contributed by atoms with van der Waals surface area (Å²) in [5.41, 5.74) is 1.05. The van der Waals surface area contributed by atoms with Crippen molar-refractivity contribution in [3.63, 3.8) is 0 Å². The molecule has 2 aromatic rings. The topological polar surface area (TPSA) is 76.1 Å². The molecule has 2 heterocycles. The van der Waals surface area contributed by atoms with Gasteiger partial charge in [0.2, 0.25) is 17.8 Å². The molecule has 0 bridgehead atoms. The van der Waals surface area contributed by atoms with Gasteiger partial charge in [0.25, 0.3) is 0 Å². The van der Waals surface area contributed by atoms with Crippen LogP contribution in [0.25, 0.3) is 0 Å². The third-order valence-corrected chi connectivity index (χ3v) is 3.02. The number of anilines is 2. The number of pyridine rings is 1. The van der Waals surface area contributed by atoms with Gasteiger partial charge in [0, 0.05) is 38.8 Å². The van der Waals surface area contributed by atoms with Gasteiger partial charge in [-0.1, -0.05) is 13.8 Å². The van der Waals surface area contributed by atoms with Crippen LogP contribution in [0.5, 0.6) is 5.88 Å². The molecule has 0 fully saturated rings. The van der Waals surface area contributed by atoms with Crippen molar-refractivity contribution in [2.75, 3.05) is 31.4 Å². The second-order valence-corrected chi connectivity index (χ2v) is 5.43. The summed E-state index contributed by atoms with van der Waals surface area (Å²) >= 11 is 0. The Labute approximate surface area is 130 Å². The van der Waals surface area contributed by atoms with Crippen molar-refractivity contribution < 1.29 is 4.74 Å². The van der Waals surface area contributed by atoms with Gasteiger partial charge in [-0.3, -0.25) is 0 Å². The number of nitrogens with one attached hydrogen (secondary N) is 1. The van der Waals surface area contributed by atoms with Gasteiger partial charge in [-0.05, 0) is 11.6 Å². The van der Waals surface area contributed by atoms with Crippen molar-refractivity contribution in [2.24, 2.45) is 0 Å². The molecule has 0 radical (unpaired) electrons. The molecular weight excluding hydrogens is 280 g/mol. The highest BCUT2D eigenvalue weighted by atomic mass is 16.5. The Kier molecular flexibility index (Phi) is 5.08. The highest BCUT2D eigenvalue weighted by molar-refractivity contribution is 5.37. The summed E-state index contributed by atoms with van der Waals surface area (Å²) in [6, 6.07) is 3.80. The van der Waals surface area contributed by atoms with Crippen molar-refractivity contribution in [1.82, 2.24) is 19.9 Å². The van der Waals surface area contributed by atoms with Crippen LogP contribution in [0.15, 0.2) is 18.3 Å². The molecule has 0 amide bonds. The van der Waals surface area contributed by atoms with Gasteiger partial charge in [0.05, 0.1) is 7.11 Å². The van der Waals surface area contributed by atoms with Crippen molar-refractivity contribution in [3.05, 3.63) is 29.7 Å². The minimum Gasteiger partial charge on any atom is -0.481 e. The fraction of sp³-hybridized carbons (Fsp3) is 0.467. The van der Waals surface area contributed by atoms with Crippen molar-refractivity contribution in [2.45, 2.75) is 26.3 Å². The van der Waals surface area contributed by atoms with Gasteiger partial charge in [0.15, 0.2) is 0 Å². The molecule has 0 aliphatic rings.